The summed E-state index contributed by atoms with van der Waals surface area (Å²) in [5.41, 5.74) is 0. The van der Waals surface area contributed by atoms with E-state index in [0.717, 1.165) is 25.7 Å². The fraction of sp³-hybridized carbons (Fsp3) is 0.800. The van der Waals surface area contributed by atoms with Crippen molar-refractivity contribution in [3.63, 3.8) is 0 Å². The van der Waals surface area contributed by atoms with Crippen molar-refractivity contribution in [3.05, 3.63) is 36.4 Å². The molecule has 0 amide bonds. The minimum Gasteiger partial charge on any atom is -1.00 e. The Kier molecular flexibility index (Phi) is 43.4. The Morgan fingerprint density at radius 2 is 0.725 bits per heavy atom. The fourth-order valence-corrected chi connectivity index (χ4v) is 5.02. The summed E-state index contributed by atoms with van der Waals surface area (Å²) < 4.78 is 58.7. The summed E-state index contributed by atoms with van der Waals surface area (Å²) in [4.78, 5) is 0. The molecule has 0 aromatic heterocycles. The van der Waals surface area contributed by atoms with Crippen LogP contribution in [0.4, 0.5) is 0 Å². The van der Waals surface area contributed by atoms with Crippen molar-refractivity contribution in [2.45, 2.75) is 142 Å². The largest absolute Gasteiger partial charge is 1.00 e. The van der Waals surface area contributed by atoms with Crippen LogP contribution in [0.25, 0.3) is 0 Å². The summed E-state index contributed by atoms with van der Waals surface area (Å²) in [5, 5.41) is 0. The molecule has 228 valence electrons. The molecule has 1 aromatic rings. The molecule has 0 aliphatic heterocycles. The SMILES string of the molecule is CCCCCCCCCCCCS(=O)(=O)O.CCCCCCCCCCCCS(=O)(=O)O.[H-].[Na+].[Na+].[c-]1ccccc1. The molecular formula is C30H58Na2O6S2. The molecule has 6 nitrogen and oxygen atoms in total. The van der Waals surface area contributed by atoms with E-state index >= 15 is 0 Å². The van der Waals surface area contributed by atoms with Gasteiger partial charge in [-0.3, -0.25) is 9.11 Å². The predicted molar refractivity (Wildman–Crippen MR) is 163 cm³/mol. The smallest absolute Gasteiger partial charge is 1.00 e. The third-order valence-electron chi connectivity index (χ3n) is 6.12. The van der Waals surface area contributed by atoms with Crippen LogP contribution in [0.2, 0.25) is 0 Å². The van der Waals surface area contributed by atoms with Gasteiger partial charge in [-0.15, -0.1) is 0 Å². The van der Waals surface area contributed by atoms with E-state index in [1.165, 1.54) is 89.9 Å². The Bertz CT molecular complexity index is 720. The van der Waals surface area contributed by atoms with E-state index < -0.39 is 20.2 Å². The van der Waals surface area contributed by atoms with Gasteiger partial charge in [0, 0.05) is 0 Å². The molecule has 0 fully saturated rings. The average Bonchev–Trinajstić information content (AvgIpc) is 2.87. The Hall–Kier alpha value is 1.04. The molecular weight excluding hydrogens is 566 g/mol. The third-order valence-corrected chi connectivity index (χ3v) is 7.73. The first-order valence-corrected chi connectivity index (χ1v) is 18.2. The standard InChI is InChI=1S/2C12H26O3S.C6H5.2Na.H/c2*1-2-3-4-5-6-7-8-9-10-11-12-16(13,14)15;1-2-4-6-5-3-1;;;/h2*2-12H2,1H3,(H,13,14,15);1-5H;;;/q;;-1;2*+1;-1. The quantitative estimate of drug-likeness (QED) is 0.0888. The fourth-order valence-electron chi connectivity index (χ4n) is 3.89. The molecule has 0 spiro atoms. The molecule has 2 N–H and O–H groups in total. The second kappa shape index (κ2) is 36.2. The van der Waals surface area contributed by atoms with Crippen LogP contribution in [0.5, 0.6) is 0 Å². The summed E-state index contributed by atoms with van der Waals surface area (Å²) in [6.07, 6.45) is 23.3. The van der Waals surface area contributed by atoms with Gasteiger partial charge in [-0.2, -0.15) is 53.2 Å². The van der Waals surface area contributed by atoms with Crippen LogP contribution in [0.1, 0.15) is 144 Å². The summed E-state index contributed by atoms with van der Waals surface area (Å²) >= 11 is 0. The van der Waals surface area contributed by atoms with Crippen molar-refractivity contribution in [3.8, 4) is 0 Å². The van der Waals surface area contributed by atoms with Gasteiger partial charge in [0.25, 0.3) is 20.2 Å². The topological polar surface area (TPSA) is 109 Å². The number of rotatable bonds is 22. The van der Waals surface area contributed by atoms with Gasteiger partial charge in [0.15, 0.2) is 0 Å². The second-order valence-corrected chi connectivity index (χ2v) is 13.2. The van der Waals surface area contributed by atoms with E-state index in [2.05, 4.69) is 19.9 Å². The molecule has 0 radical (unpaired) electrons. The maximum Gasteiger partial charge on any atom is 1.00 e. The van der Waals surface area contributed by atoms with Gasteiger partial charge in [0.1, 0.15) is 0 Å². The summed E-state index contributed by atoms with van der Waals surface area (Å²) in [7, 11) is -7.46. The van der Waals surface area contributed by atoms with Crippen molar-refractivity contribution >= 4 is 20.2 Å². The molecule has 0 saturated heterocycles. The van der Waals surface area contributed by atoms with Crippen LogP contribution < -0.4 is 59.1 Å². The minimum absolute atomic E-state index is 0. The first-order chi connectivity index (χ1) is 18.1. The van der Waals surface area contributed by atoms with Crippen LogP contribution in [0, 0.1) is 6.07 Å². The maximum absolute atomic E-state index is 10.4. The Labute approximate surface area is 294 Å². The van der Waals surface area contributed by atoms with Crippen molar-refractivity contribution in [1.29, 1.82) is 0 Å². The molecule has 1 rings (SSSR count). The molecule has 10 heteroatoms. The zero-order chi connectivity index (χ0) is 28.8. The molecule has 0 heterocycles. The Balaban J connectivity index is -0.000000165. The van der Waals surface area contributed by atoms with Crippen molar-refractivity contribution in [1.82, 2.24) is 0 Å². The zero-order valence-electron chi connectivity index (χ0n) is 27.3. The van der Waals surface area contributed by atoms with Crippen LogP contribution in [0.3, 0.4) is 0 Å². The minimum atomic E-state index is -3.73. The van der Waals surface area contributed by atoms with E-state index in [1.807, 2.05) is 30.3 Å². The number of hydrogen-bond donors (Lipinski definition) is 2. The van der Waals surface area contributed by atoms with Gasteiger partial charge in [0.2, 0.25) is 0 Å². The normalized spacial score (nSPS) is 10.7. The van der Waals surface area contributed by atoms with Crippen molar-refractivity contribution < 1.29 is 86.5 Å². The van der Waals surface area contributed by atoms with Crippen LogP contribution in [0.15, 0.2) is 30.3 Å². The van der Waals surface area contributed by atoms with E-state index in [1.54, 1.807) is 0 Å². The first-order valence-electron chi connectivity index (χ1n) is 14.9. The molecule has 0 aliphatic rings. The third kappa shape index (κ3) is 51.8. The molecule has 1 aromatic carbocycles. The molecule has 40 heavy (non-hydrogen) atoms. The van der Waals surface area contributed by atoms with Gasteiger partial charge in [-0.05, 0) is 12.8 Å². The summed E-state index contributed by atoms with van der Waals surface area (Å²) in [6, 6.07) is 12.5. The van der Waals surface area contributed by atoms with E-state index in [9.17, 15) is 16.8 Å². The van der Waals surface area contributed by atoms with Gasteiger partial charge in [0.05, 0.1) is 11.5 Å². The van der Waals surface area contributed by atoms with Crippen LogP contribution in [-0.4, -0.2) is 37.4 Å². The van der Waals surface area contributed by atoms with E-state index in [4.69, 9.17) is 9.11 Å². The van der Waals surface area contributed by atoms with Gasteiger partial charge in [-0.25, -0.2) is 0 Å². The molecule has 0 saturated carbocycles. The monoisotopic (exact) mass is 624 g/mol. The maximum atomic E-state index is 10.4. The van der Waals surface area contributed by atoms with Crippen molar-refractivity contribution in [2.24, 2.45) is 0 Å². The van der Waals surface area contributed by atoms with Crippen molar-refractivity contribution in [2.75, 3.05) is 11.5 Å². The molecule has 0 unspecified atom stereocenters. The van der Waals surface area contributed by atoms with Crippen LogP contribution in [-0.2, 0) is 20.2 Å². The number of hydrogen-bond acceptors (Lipinski definition) is 4. The molecule has 0 bridgehead atoms. The molecule has 0 atom stereocenters. The van der Waals surface area contributed by atoms with E-state index in [0.29, 0.717) is 12.8 Å². The van der Waals surface area contributed by atoms with Gasteiger partial charge in [-0.1, -0.05) is 129 Å². The zero-order valence-corrected chi connectivity index (χ0v) is 31.9. The van der Waals surface area contributed by atoms with Crippen LogP contribution >= 0.6 is 0 Å². The number of unbranched alkanes of at least 4 members (excludes halogenated alkanes) is 18. The predicted octanol–water partition coefficient (Wildman–Crippen LogP) is 3.20. The summed E-state index contributed by atoms with van der Waals surface area (Å²) in [6.45, 7) is 4.43. The van der Waals surface area contributed by atoms with Gasteiger partial charge < -0.3 is 1.43 Å². The van der Waals surface area contributed by atoms with Gasteiger partial charge >= 0.3 is 59.1 Å². The number of benzene rings is 1. The second-order valence-electron chi connectivity index (χ2n) is 10.0. The first kappa shape index (κ1) is 48.0. The summed E-state index contributed by atoms with van der Waals surface area (Å²) in [5.74, 6) is -0.160. The van der Waals surface area contributed by atoms with E-state index in [-0.39, 0.29) is 72.0 Å². The Morgan fingerprint density at radius 1 is 0.475 bits per heavy atom. The molecule has 0 aliphatic carbocycles. The Morgan fingerprint density at radius 3 is 0.900 bits per heavy atom. The average molecular weight is 625 g/mol.